The van der Waals surface area contributed by atoms with E-state index in [2.05, 4.69) is 67.6 Å². The number of hydrogen-bond acceptors (Lipinski definition) is 5. The van der Waals surface area contributed by atoms with Gasteiger partial charge in [0.1, 0.15) is 23.1 Å². The minimum atomic E-state index is 0.339. The summed E-state index contributed by atoms with van der Waals surface area (Å²) in [6, 6.07) is 33.9. The number of ether oxygens (including phenoxy) is 1. The molecule has 0 fully saturated rings. The highest BCUT2D eigenvalue weighted by atomic mass is 16.5. The van der Waals surface area contributed by atoms with Crippen molar-refractivity contribution in [3.63, 3.8) is 0 Å². The van der Waals surface area contributed by atoms with Crippen molar-refractivity contribution in [3.8, 4) is 46.5 Å². The fraction of sp³-hybridized carbons (Fsp3) is 0.150. The molecule has 0 N–H and O–H groups in total. The number of nitriles is 2. The molecule has 0 atom stereocenters. The number of aromatic nitrogens is 4. The van der Waals surface area contributed by atoms with Gasteiger partial charge in [0.05, 0.1) is 40.0 Å². The van der Waals surface area contributed by atoms with E-state index in [0.717, 1.165) is 33.2 Å². The number of imidazole rings is 1. The second-order valence-corrected chi connectivity index (χ2v) is 12.2. The number of para-hydroxylation sites is 1. The van der Waals surface area contributed by atoms with Crippen molar-refractivity contribution in [1.82, 2.24) is 19.1 Å². The Labute approximate surface area is 273 Å². The van der Waals surface area contributed by atoms with E-state index in [4.69, 9.17) is 9.72 Å². The normalized spacial score (nSPS) is 11.3. The Morgan fingerprint density at radius 2 is 1.49 bits per heavy atom. The van der Waals surface area contributed by atoms with Crippen molar-refractivity contribution in [2.24, 2.45) is 0 Å². The van der Waals surface area contributed by atoms with Crippen LogP contribution in [0.25, 0.3) is 44.7 Å². The van der Waals surface area contributed by atoms with Gasteiger partial charge in [-0.2, -0.15) is 10.5 Å². The summed E-state index contributed by atoms with van der Waals surface area (Å²) in [6.45, 7) is 8.87. The summed E-state index contributed by atoms with van der Waals surface area (Å²) in [7, 11) is 0. The molecule has 0 spiro atoms. The molecule has 7 nitrogen and oxygen atoms in total. The number of benzene rings is 4. The molecule has 7 aromatic rings. The van der Waals surface area contributed by atoms with Crippen LogP contribution in [0, 0.1) is 22.7 Å². The lowest BCUT2D eigenvalue weighted by Crippen LogP contribution is -2.07. The quantitative estimate of drug-likeness (QED) is 0.179. The number of nitrogens with zero attached hydrogens (tertiary/aromatic N) is 6. The molecule has 0 saturated carbocycles. The van der Waals surface area contributed by atoms with E-state index in [0.29, 0.717) is 40.3 Å². The van der Waals surface area contributed by atoms with Gasteiger partial charge in [-0.25, -0.2) is 9.97 Å². The molecule has 0 radical (unpaired) electrons. The maximum absolute atomic E-state index is 10.3. The molecule has 47 heavy (non-hydrogen) atoms. The Bertz CT molecular complexity index is 2340. The fourth-order valence-electron chi connectivity index (χ4n) is 6.39. The summed E-state index contributed by atoms with van der Waals surface area (Å²) < 4.78 is 10.7. The van der Waals surface area contributed by atoms with E-state index in [-0.39, 0.29) is 0 Å². The predicted molar refractivity (Wildman–Crippen MR) is 185 cm³/mol. The van der Waals surface area contributed by atoms with E-state index >= 15 is 0 Å². The zero-order valence-corrected chi connectivity index (χ0v) is 26.6. The van der Waals surface area contributed by atoms with Crippen LogP contribution in [0.3, 0.4) is 0 Å². The highest BCUT2D eigenvalue weighted by Gasteiger charge is 2.21. The predicted octanol–water partition coefficient (Wildman–Crippen LogP) is 9.81. The Morgan fingerprint density at radius 3 is 2.19 bits per heavy atom. The summed E-state index contributed by atoms with van der Waals surface area (Å²) >= 11 is 0. The highest BCUT2D eigenvalue weighted by Crippen LogP contribution is 2.39. The molecule has 7 heteroatoms. The zero-order chi connectivity index (χ0) is 32.7. The number of fused-ring (bicyclic) bond motifs is 3. The molecule has 0 aliphatic rings. The van der Waals surface area contributed by atoms with Gasteiger partial charge < -0.3 is 4.74 Å². The molecular weight excluding hydrogens is 580 g/mol. The van der Waals surface area contributed by atoms with Gasteiger partial charge in [0, 0.05) is 41.0 Å². The topological polar surface area (TPSA) is 92.5 Å². The van der Waals surface area contributed by atoms with Gasteiger partial charge in [0.2, 0.25) is 0 Å². The van der Waals surface area contributed by atoms with Crippen LogP contribution in [0.2, 0.25) is 0 Å². The summed E-state index contributed by atoms with van der Waals surface area (Å²) in [5.74, 6) is 3.34. The standard InChI is InChI=1S/C40H32N6O/c1-25(2)32-11-8-12-33(26(3)4)39(32)45-18-17-44-40(45)28-9-7-10-30(20-28)47-31-21-29(24-42)38-34-19-27(23-41)14-15-35(34)46(36(38)22-31)37-13-5-6-16-43-37/h5-22,25-26H,1-4H3. The van der Waals surface area contributed by atoms with Crippen molar-refractivity contribution >= 4 is 21.8 Å². The molecule has 4 aromatic carbocycles. The largest absolute Gasteiger partial charge is 0.457 e. The minimum Gasteiger partial charge on any atom is -0.457 e. The lowest BCUT2D eigenvalue weighted by molar-refractivity contribution is 0.483. The molecule has 0 saturated heterocycles. The fourth-order valence-corrected chi connectivity index (χ4v) is 6.39. The van der Waals surface area contributed by atoms with E-state index < -0.39 is 0 Å². The number of pyridine rings is 1. The van der Waals surface area contributed by atoms with Crippen LogP contribution in [0.1, 0.15) is 61.8 Å². The van der Waals surface area contributed by atoms with Crippen molar-refractivity contribution in [1.29, 1.82) is 10.5 Å². The smallest absolute Gasteiger partial charge is 0.144 e. The summed E-state index contributed by atoms with van der Waals surface area (Å²) in [5.41, 5.74) is 7.20. The number of rotatable bonds is 7. The van der Waals surface area contributed by atoms with E-state index in [1.807, 2.05) is 77.6 Å². The molecule has 228 valence electrons. The van der Waals surface area contributed by atoms with E-state index in [9.17, 15) is 10.5 Å². The average Bonchev–Trinajstić information content (AvgIpc) is 3.71. The lowest BCUT2D eigenvalue weighted by atomic mass is 9.92. The first-order chi connectivity index (χ1) is 22.9. The first-order valence-electron chi connectivity index (χ1n) is 15.7. The number of hydrogen-bond donors (Lipinski definition) is 0. The van der Waals surface area contributed by atoms with Crippen LogP contribution in [-0.4, -0.2) is 19.1 Å². The first kappa shape index (κ1) is 29.5. The average molecular weight is 613 g/mol. The van der Waals surface area contributed by atoms with Gasteiger partial charge in [0.25, 0.3) is 0 Å². The minimum absolute atomic E-state index is 0.339. The van der Waals surface area contributed by atoms with Crippen molar-refractivity contribution < 1.29 is 4.74 Å². The van der Waals surface area contributed by atoms with Crippen LogP contribution in [-0.2, 0) is 0 Å². The summed E-state index contributed by atoms with van der Waals surface area (Å²) in [6.07, 6.45) is 5.60. The SMILES string of the molecule is CC(C)c1cccc(C(C)C)c1-n1ccnc1-c1cccc(Oc2cc(C#N)c3c4cc(C#N)ccc4n(-c4ccccn4)c3c2)c1. The molecule has 0 amide bonds. The van der Waals surface area contributed by atoms with Gasteiger partial charge in [-0.1, -0.05) is 64.1 Å². The maximum atomic E-state index is 10.3. The maximum Gasteiger partial charge on any atom is 0.144 e. The summed E-state index contributed by atoms with van der Waals surface area (Å²) in [4.78, 5) is 9.40. The highest BCUT2D eigenvalue weighted by molar-refractivity contribution is 6.12. The van der Waals surface area contributed by atoms with Gasteiger partial charge in [-0.15, -0.1) is 0 Å². The summed E-state index contributed by atoms with van der Waals surface area (Å²) in [5, 5.41) is 21.5. The van der Waals surface area contributed by atoms with Crippen molar-refractivity contribution in [2.45, 2.75) is 39.5 Å². The van der Waals surface area contributed by atoms with Crippen LogP contribution in [0.4, 0.5) is 0 Å². The van der Waals surface area contributed by atoms with Crippen LogP contribution in [0.5, 0.6) is 11.5 Å². The molecule has 0 aliphatic heterocycles. The van der Waals surface area contributed by atoms with Gasteiger partial charge in [-0.05, 0) is 71.5 Å². The Kier molecular flexibility index (Phi) is 7.52. The second kappa shape index (κ2) is 12.0. The Morgan fingerprint density at radius 1 is 0.702 bits per heavy atom. The van der Waals surface area contributed by atoms with Gasteiger partial charge in [-0.3, -0.25) is 9.13 Å². The van der Waals surface area contributed by atoms with E-state index in [1.54, 1.807) is 18.3 Å². The molecule has 7 rings (SSSR count). The third kappa shape index (κ3) is 5.18. The van der Waals surface area contributed by atoms with Gasteiger partial charge >= 0.3 is 0 Å². The second-order valence-electron chi connectivity index (χ2n) is 12.2. The third-order valence-corrected chi connectivity index (χ3v) is 8.52. The zero-order valence-electron chi connectivity index (χ0n) is 26.6. The monoisotopic (exact) mass is 612 g/mol. The van der Waals surface area contributed by atoms with Gasteiger partial charge in [0.15, 0.2) is 0 Å². The lowest BCUT2D eigenvalue weighted by Gasteiger charge is -2.22. The molecule has 3 aromatic heterocycles. The van der Waals surface area contributed by atoms with Crippen LogP contribution in [0.15, 0.2) is 110 Å². The molecule has 3 heterocycles. The molecule has 0 aliphatic carbocycles. The van der Waals surface area contributed by atoms with Crippen molar-refractivity contribution in [2.75, 3.05) is 0 Å². The molecule has 0 bridgehead atoms. The molecular formula is C40H32N6O. The Hall–Kier alpha value is -6.18. The molecule has 0 unspecified atom stereocenters. The van der Waals surface area contributed by atoms with Crippen LogP contribution >= 0.6 is 0 Å². The Balaban J connectivity index is 1.35. The van der Waals surface area contributed by atoms with Crippen molar-refractivity contribution in [3.05, 3.63) is 132 Å². The first-order valence-corrected chi connectivity index (χ1v) is 15.7. The third-order valence-electron chi connectivity index (χ3n) is 8.52. The van der Waals surface area contributed by atoms with E-state index in [1.165, 1.54) is 16.8 Å². The van der Waals surface area contributed by atoms with Crippen LogP contribution < -0.4 is 4.74 Å².